The third kappa shape index (κ3) is 10.2. The molecular formula is C28H37NO5. The summed E-state index contributed by atoms with van der Waals surface area (Å²) in [6, 6.07) is 11.5. The van der Waals surface area contributed by atoms with Crippen LogP contribution in [-0.4, -0.2) is 30.4 Å². The van der Waals surface area contributed by atoms with Crippen molar-refractivity contribution in [3.63, 3.8) is 0 Å². The monoisotopic (exact) mass is 467 g/mol. The van der Waals surface area contributed by atoms with Gasteiger partial charge in [-0.3, -0.25) is 9.79 Å². The van der Waals surface area contributed by atoms with Gasteiger partial charge in [0.05, 0.1) is 18.4 Å². The predicted molar refractivity (Wildman–Crippen MR) is 136 cm³/mol. The Morgan fingerprint density at radius 3 is 2.06 bits per heavy atom. The number of benzene rings is 2. The van der Waals surface area contributed by atoms with Gasteiger partial charge in [-0.25, -0.2) is 4.79 Å². The molecule has 2 aromatic rings. The molecule has 0 aliphatic rings. The van der Waals surface area contributed by atoms with Gasteiger partial charge in [-0.15, -0.1) is 0 Å². The number of ether oxygens (including phenoxy) is 2. The lowest BCUT2D eigenvalue weighted by Gasteiger charge is -2.10. The molecule has 0 aromatic heterocycles. The highest BCUT2D eigenvalue weighted by Gasteiger charge is 2.10. The SMILES string of the molecule is CCCCCCCCCCCCC(=O)Oc1ccc(C=Nc2ccc(C(=O)O)cc2)cc1OC. The summed E-state index contributed by atoms with van der Waals surface area (Å²) in [7, 11) is 1.53. The Labute approximate surface area is 203 Å². The van der Waals surface area contributed by atoms with Crippen molar-refractivity contribution in [3.8, 4) is 11.5 Å². The van der Waals surface area contributed by atoms with Crippen molar-refractivity contribution in [1.82, 2.24) is 0 Å². The van der Waals surface area contributed by atoms with E-state index in [1.807, 2.05) is 0 Å². The number of hydrogen-bond donors (Lipinski definition) is 1. The molecule has 6 nitrogen and oxygen atoms in total. The van der Waals surface area contributed by atoms with Crippen LogP contribution in [0, 0.1) is 0 Å². The van der Waals surface area contributed by atoms with Crippen molar-refractivity contribution in [2.75, 3.05) is 7.11 Å². The highest BCUT2D eigenvalue weighted by atomic mass is 16.6. The maximum Gasteiger partial charge on any atom is 0.335 e. The zero-order valence-electron chi connectivity index (χ0n) is 20.4. The van der Waals surface area contributed by atoms with Gasteiger partial charge in [-0.1, -0.05) is 64.7 Å². The smallest absolute Gasteiger partial charge is 0.335 e. The largest absolute Gasteiger partial charge is 0.493 e. The van der Waals surface area contributed by atoms with Crippen molar-refractivity contribution in [3.05, 3.63) is 53.6 Å². The van der Waals surface area contributed by atoms with Crippen molar-refractivity contribution in [1.29, 1.82) is 0 Å². The topological polar surface area (TPSA) is 85.2 Å². The highest BCUT2D eigenvalue weighted by molar-refractivity contribution is 5.88. The summed E-state index contributed by atoms with van der Waals surface area (Å²) in [5.74, 6) is -0.375. The Kier molecular flexibility index (Phi) is 12.5. The summed E-state index contributed by atoms with van der Waals surface area (Å²) in [5, 5.41) is 8.96. The molecule has 0 fully saturated rings. The quantitative estimate of drug-likeness (QED) is 0.121. The average Bonchev–Trinajstić information content (AvgIpc) is 2.84. The second kappa shape index (κ2) is 15.6. The van der Waals surface area contributed by atoms with Gasteiger partial charge in [0.1, 0.15) is 0 Å². The first-order valence-corrected chi connectivity index (χ1v) is 12.3. The van der Waals surface area contributed by atoms with Crippen molar-refractivity contribution in [2.45, 2.75) is 77.6 Å². The summed E-state index contributed by atoms with van der Waals surface area (Å²) in [6.07, 6.45) is 14.2. The summed E-state index contributed by atoms with van der Waals surface area (Å²) < 4.78 is 10.9. The number of aromatic carboxylic acids is 1. The van der Waals surface area contributed by atoms with E-state index in [2.05, 4.69) is 11.9 Å². The van der Waals surface area contributed by atoms with Gasteiger partial charge in [0.25, 0.3) is 0 Å². The molecule has 34 heavy (non-hydrogen) atoms. The van der Waals surface area contributed by atoms with Crippen molar-refractivity contribution < 1.29 is 24.2 Å². The Bertz CT molecular complexity index is 921. The van der Waals surface area contributed by atoms with E-state index in [9.17, 15) is 9.59 Å². The van der Waals surface area contributed by atoms with E-state index >= 15 is 0 Å². The average molecular weight is 468 g/mol. The second-order valence-corrected chi connectivity index (χ2v) is 8.43. The number of esters is 1. The van der Waals surface area contributed by atoms with Crippen LogP contribution in [0.2, 0.25) is 0 Å². The van der Waals surface area contributed by atoms with Crippen LogP contribution in [0.1, 0.15) is 93.5 Å². The third-order valence-corrected chi connectivity index (χ3v) is 5.62. The number of carboxylic acid groups (broad SMARTS) is 1. The molecule has 0 saturated carbocycles. The number of hydrogen-bond acceptors (Lipinski definition) is 5. The lowest BCUT2D eigenvalue weighted by molar-refractivity contribution is -0.134. The van der Waals surface area contributed by atoms with Crippen molar-refractivity contribution >= 4 is 23.8 Å². The molecule has 0 radical (unpaired) electrons. The maximum absolute atomic E-state index is 12.2. The molecule has 0 unspecified atom stereocenters. The molecule has 0 spiro atoms. The first-order chi connectivity index (χ1) is 16.5. The van der Waals surface area contributed by atoms with Gasteiger partial charge in [-0.05, 0) is 54.4 Å². The molecule has 2 rings (SSSR count). The zero-order chi connectivity index (χ0) is 24.6. The fourth-order valence-electron chi connectivity index (χ4n) is 3.62. The molecule has 0 aliphatic heterocycles. The normalized spacial score (nSPS) is 11.0. The number of rotatable bonds is 16. The minimum atomic E-state index is -0.974. The maximum atomic E-state index is 12.2. The van der Waals surface area contributed by atoms with Crippen LogP contribution in [0.25, 0.3) is 0 Å². The predicted octanol–water partition coefficient (Wildman–Crippen LogP) is 7.36. The molecule has 0 heterocycles. The fraction of sp³-hybridized carbons (Fsp3) is 0.464. The van der Waals surface area contributed by atoms with Crippen LogP contribution in [-0.2, 0) is 4.79 Å². The number of nitrogens with zero attached hydrogens (tertiary/aromatic N) is 1. The minimum absolute atomic E-state index is 0.213. The molecule has 6 heteroatoms. The van der Waals surface area contributed by atoms with Gasteiger partial charge in [0, 0.05) is 12.6 Å². The van der Waals surface area contributed by atoms with Crippen molar-refractivity contribution in [2.24, 2.45) is 4.99 Å². The van der Waals surface area contributed by atoms with Crippen LogP contribution in [0.15, 0.2) is 47.5 Å². The Balaban J connectivity index is 1.75. The highest BCUT2D eigenvalue weighted by Crippen LogP contribution is 2.28. The number of carboxylic acids is 1. The molecule has 2 aromatic carbocycles. The van der Waals surface area contributed by atoms with Crippen LogP contribution < -0.4 is 9.47 Å². The summed E-state index contributed by atoms with van der Waals surface area (Å²) in [5.41, 5.74) is 1.62. The molecule has 0 atom stereocenters. The number of aliphatic imine (C=N–C) groups is 1. The van der Waals surface area contributed by atoms with E-state index in [4.69, 9.17) is 14.6 Å². The standard InChI is InChI=1S/C28H37NO5/c1-3-4-5-6-7-8-9-10-11-12-13-27(30)34-25-19-14-22(20-26(25)33-2)21-29-24-17-15-23(16-18-24)28(31)32/h14-21H,3-13H2,1-2H3,(H,31,32). The second-order valence-electron chi connectivity index (χ2n) is 8.43. The zero-order valence-corrected chi connectivity index (χ0v) is 20.4. The number of carbonyl (C=O) groups is 2. The fourth-order valence-corrected chi connectivity index (χ4v) is 3.62. The van der Waals surface area contributed by atoms with E-state index in [1.165, 1.54) is 64.2 Å². The van der Waals surface area contributed by atoms with Crippen LogP contribution in [0.5, 0.6) is 11.5 Å². The molecule has 1 N–H and O–H groups in total. The van der Waals surface area contributed by atoms with Gasteiger partial charge >= 0.3 is 11.9 Å². The summed E-state index contributed by atoms with van der Waals surface area (Å²) >= 11 is 0. The number of unbranched alkanes of at least 4 members (excludes halogenated alkanes) is 9. The van der Waals surface area contributed by atoms with Gasteiger partial charge in [-0.2, -0.15) is 0 Å². The summed E-state index contributed by atoms with van der Waals surface area (Å²) in [4.78, 5) is 27.5. The van der Waals surface area contributed by atoms with E-state index in [0.717, 1.165) is 24.8 Å². The van der Waals surface area contributed by atoms with E-state index in [1.54, 1.807) is 36.5 Å². The van der Waals surface area contributed by atoms with E-state index < -0.39 is 5.97 Å². The Morgan fingerprint density at radius 2 is 1.47 bits per heavy atom. The Hall–Kier alpha value is -3.15. The molecule has 0 aliphatic carbocycles. The summed E-state index contributed by atoms with van der Waals surface area (Å²) in [6.45, 7) is 2.24. The lowest BCUT2D eigenvalue weighted by atomic mass is 10.1. The van der Waals surface area contributed by atoms with Gasteiger partial charge in [0.2, 0.25) is 0 Å². The first-order valence-electron chi connectivity index (χ1n) is 12.3. The molecule has 184 valence electrons. The molecular weight excluding hydrogens is 430 g/mol. The number of carbonyl (C=O) groups excluding carboxylic acids is 1. The van der Waals surface area contributed by atoms with Gasteiger partial charge < -0.3 is 14.6 Å². The number of methoxy groups -OCH3 is 1. The third-order valence-electron chi connectivity index (χ3n) is 5.62. The van der Waals surface area contributed by atoms with Crippen LogP contribution in [0.4, 0.5) is 5.69 Å². The van der Waals surface area contributed by atoms with Crippen LogP contribution in [0.3, 0.4) is 0 Å². The molecule has 0 bridgehead atoms. The van der Waals surface area contributed by atoms with E-state index in [0.29, 0.717) is 23.6 Å². The van der Waals surface area contributed by atoms with Gasteiger partial charge in [0.15, 0.2) is 11.5 Å². The minimum Gasteiger partial charge on any atom is -0.493 e. The van der Waals surface area contributed by atoms with Crippen LogP contribution >= 0.6 is 0 Å². The Morgan fingerprint density at radius 1 is 0.853 bits per heavy atom. The van der Waals surface area contributed by atoms with E-state index in [-0.39, 0.29) is 11.5 Å². The molecule has 0 amide bonds. The first kappa shape index (κ1) is 27.1. The molecule has 0 saturated heterocycles. The lowest BCUT2D eigenvalue weighted by Crippen LogP contribution is -2.08.